The van der Waals surface area contributed by atoms with Crippen LogP contribution in [0.4, 0.5) is 17.2 Å². The number of non-ortho nitro benzene ring substituents is 2. The first-order valence-electron chi connectivity index (χ1n) is 9.29. The molecule has 0 fully saturated rings. The Morgan fingerprint density at radius 2 is 1.62 bits per heavy atom. The highest BCUT2D eigenvalue weighted by atomic mass is 16.6. The number of nitro benzene ring substituents is 2. The van der Waals surface area contributed by atoms with Gasteiger partial charge in [-0.15, -0.1) is 0 Å². The number of carbonyl (C=O) groups is 2. The number of rotatable bonds is 7. The molecule has 0 unspecified atom stereocenters. The number of nitro groups is 2. The van der Waals surface area contributed by atoms with Gasteiger partial charge in [-0.05, 0) is 32.0 Å². The van der Waals surface area contributed by atoms with Gasteiger partial charge in [0.25, 0.3) is 17.3 Å². The number of anilines is 1. The molecule has 12 nitrogen and oxygen atoms in total. The van der Waals surface area contributed by atoms with Gasteiger partial charge in [-0.3, -0.25) is 25.0 Å². The normalized spacial score (nSPS) is 10.4. The number of nitrogens with zero attached hydrogens (tertiary/aromatic N) is 4. The summed E-state index contributed by atoms with van der Waals surface area (Å²) in [5.74, 6) is -1.29. The summed E-state index contributed by atoms with van der Waals surface area (Å²) in [6, 6.07) is 10.3. The van der Waals surface area contributed by atoms with Crippen LogP contribution in [0.5, 0.6) is 0 Å². The molecule has 0 atom stereocenters. The Kier molecular flexibility index (Phi) is 6.24. The summed E-state index contributed by atoms with van der Waals surface area (Å²) in [5.41, 5.74) is 0.185. The molecule has 0 saturated heterocycles. The molecule has 2 aromatic carbocycles. The van der Waals surface area contributed by atoms with Crippen molar-refractivity contribution in [3.05, 3.63) is 85.6 Å². The lowest BCUT2D eigenvalue weighted by Gasteiger charge is -2.10. The van der Waals surface area contributed by atoms with Crippen LogP contribution in [0.3, 0.4) is 0 Å². The standard InChI is InChI=1S/C20H17N5O7/c1-3-32-20(27)14-9-13(10-17(11-14)25(30)31)19(26)21-18-8-12(2)22-23(18)15-4-6-16(7-5-15)24(28)29/h4-11H,3H2,1-2H3,(H,21,26). The molecule has 0 bridgehead atoms. The summed E-state index contributed by atoms with van der Waals surface area (Å²) in [5, 5.41) is 29.0. The van der Waals surface area contributed by atoms with E-state index in [4.69, 9.17) is 4.74 Å². The minimum atomic E-state index is -0.794. The maximum atomic E-state index is 12.8. The van der Waals surface area contributed by atoms with Gasteiger partial charge in [0.1, 0.15) is 5.82 Å². The first-order valence-corrected chi connectivity index (χ1v) is 9.29. The second-order valence-electron chi connectivity index (χ2n) is 6.56. The second-order valence-corrected chi connectivity index (χ2v) is 6.56. The minimum absolute atomic E-state index is 0.0662. The fraction of sp³-hybridized carbons (Fsp3) is 0.150. The molecule has 1 N–H and O–H groups in total. The van der Waals surface area contributed by atoms with Gasteiger partial charge in [-0.1, -0.05) is 0 Å². The number of aromatic nitrogens is 2. The Morgan fingerprint density at radius 3 is 2.22 bits per heavy atom. The van der Waals surface area contributed by atoms with E-state index in [1.54, 1.807) is 19.9 Å². The molecule has 164 valence electrons. The largest absolute Gasteiger partial charge is 0.462 e. The van der Waals surface area contributed by atoms with Gasteiger partial charge in [0.2, 0.25) is 0 Å². The van der Waals surface area contributed by atoms with E-state index in [-0.39, 0.29) is 29.2 Å². The van der Waals surface area contributed by atoms with Crippen LogP contribution in [0.25, 0.3) is 5.69 Å². The molecule has 3 rings (SSSR count). The fourth-order valence-electron chi connectivity index (χ4n) is 2.87. The van der Waals surface area contributed by atoms with E-state index < -0.39 is 27.4 Å². The van der Waals surface area contributed by atoms with Crippen LogP contribution in [-0.4, -0.2) is 38.1 Å². The summed E-state index contributed by atoms with van der Waals surface area (Å²) in [4.78, 5) is 45.7. The van der Waals surface area contributed by atoms with Gasteiger partial charge in [0, 0.05) is 35.9 Å². The Hall–Kier alpha value is -4.61. The highest BCUT2D eigenvalue weighted by molar-refractivity contribution is 6.06. The van der Waals surface area contributed by atoms with Gasteiger partial charge < -0.3 is 10.1 Å². The van der Waals surface area contributed by atoms with Crippen LogP contribution >= 0.6 is 0 Å². The van der Waals surface area contributed by atoms with Crippen LogP contribution in [0.2, 0.25) is 0 Å². The van der Waals surface area contributed by atoms with Crippen molar-refractivity contribution in [2.45, 2.75) is 13.8 Å². The fourth-order valence-corrected chi connectivity index (χ4v) is 2.87. The lowest BCUT2D eigenvalue weighted by molar-refractivity contribution is -0.385. The number of amides is 1. The molecule has 0 radical (unpaired) electrons. The highest BCUT2D eigenvalue weighted by Gasteiger charge is 2.20. The number of ether oxygens (including phenoxy) is 1. The number of hydrogen-bond donors (Lipinski definition) is 1. The summed E-state index contributed by atoms with van der Waals surface area (Å²) in [6.45, 7) is 3.34. The molecule has 0 saturated carbocycles. The maximum Gasteiger partial charge on any atom is 0.338 e. The van der Waals surface area contributed by atoms with Crippen LogP contribution < -0.4 is 5.32 Å². The van der Waals surface area contributed by atoms with Gasteiger partial charge in [0.05, 0.1) is 33.4 Å². The lowest BCUT2D eigenvalue weighted by atomic mass is 10.1. The number of benzene rings is 2. The van der Waals surface area contributed by atoms with Crippen LogP contribution in [0.15, 0.2) is 48.5 Å². The molecular formula is C20H17N5O7. The first-order chi connectivity index (χ1) is 15.2. The monoisotopic (exact) mass is 439 g/mol. The van der Waals surface area contributed by atoms with Crippen molar-refractivity contribution in [2.75, 3.05) is 11.9 Å². The quantitative estimate of drug-likeness (QED) is 0.333. The van der Waals surface area contributed by atoms with E-state index in [0.29, 0.717) is 11.4 Å². The Labute approximate surface area is 180 Å². The van der Waals surface area contributed by atoms with Gasteiger partial charge in [0.15, 0.2) is 0 Å². The predicted octanol–water partition coefficient (Wildman–Crippen LogP) is 3.43. The van der Waals surface area contributed by atoms with Gasteiger partial charge in [-0.25, -0.2) is 9.48 Å². The average Bonchev–Trinajstić information content (AvgIpc) is 3.13. The zero-order chi connectivity index (χ0) is 23.4. The zero-order valence-electron chi connectivity index (χ0n) is 17.0. The van der Waals surface area contributed by atoms with Crippen molar-refractivity contribution in [1.29, 1.82) is 0 Å². The number of esters is 1. The van der Waals surface area contributed by atoms with Crippen molar-refractivity contribution in [3.8, 4) is 5.69 Å². The van der Waals surface area contributed by atoms with E-state index in [2.05, 4.69) is 10.4 Å². The topological polar surface area (TPSA) is 160 Å². The van der Waals surface area contributed by atoms with Crippen molar-refractivity contribution in [3.63, 3.8) is 0 Å². The van der Waals surface area contributed by atoms with Crippen molar-refractivity contribution in [1.82, 2.24) is 9.78 Å². The smallest absolute Gasteiger partial charge is 0.338 e. The minimum Gasteiger partial charge on any atom is -0.462 e. The molecule has 1 heterocycles. The third-order valence-corrected chi connectivity index (χ3v) is 4.28. The molecule has 3 aromatic rings. The van der Waals surface area contributed by atoms with Crippen molar-refractivity contribution >= 4 is 29.1 Å². The summed E-state index contributed by atoms with van der Waals surface area (Å²) in [6.07, 6.45) is 0. The number of hydrogen-bond acceptors (Lipinski definition) is 8. The van der Waals surface area contributed by atoms with E-state index in [1.165, 1.54) is 35.0 Å². The van der Waals surface area contributed by atoms with Gasteiger partial charge >= 0.3 is 5.97 Å². The molecule has 0 aliphatic heterocycles. The first kappa shape index (κ1) is 22.1. The number of nitrogens with one attached hydrogen (secondary N) is 1. The molecule has 12 heteroatoms. The zero-order valence-corrected chi connectivity index (χ0v) is 17.0. The average molecular weight is 439 g/mol. The predicted molar refractivity (Wildman–Crippen MR) is 112 cm³/mol. The van der Waals surface area contributed by atoms with E-state index in [9.17, 15) is 29.8 Å². The molecule has 1 amide bonds. The summed E-state index contributed by atoms with van der Waals surface area (Å²) >= 11 is 0. The van der Waals surface area contributed by atoms with Crippen LogP contribution in [-0.2, 0) is 4.74 Å². The van der Waals surface area contributed by atoms with Gasteiger partial charge in [-0.2, -0.15) is 5.10 Å². The molecule has 1 aromatic heterocycles. The Morgan fingerprint density at radius 1 is 1.00 bits per heavy atom. The third kappa shape index (κ3) is 4.75. The Bertz CT molecular complexity index is 1220. The molecular weight excluding hydrogens is 422 g/mol. The van der Waals surface area contributed by atoms with Crippen LogP contribution in [0, 0.1) is 27.2 Å². The van der Waals surface area contributed by atoms with Crippen molar-refractivity contribution in [2.24, 2.45) is 0 Å². The van der Waals surface area contributed by atoms with Crippen LogP contribution in [0.1, 0.15) is 33.3 Å². The van der Waals surface area contributed by atoms with Crippen molar-refractivity contribution < 1.29 is 24.2 Å². The third-order valence-electron chi connectivity index (χ3n) is 4.28. The van der Waals surface area contributed by atoms with E-state index >= 15 is 0 Å². The highest BCUT2D eigenvalue weighted by Crippen LogP contribution is 2.23. The number of carbonyl (C=O) groups excluding carboxylic acids is 2. The molecule has 0 aliphatic rings. The van der Waals surface area contributed by atoms with E-state index in [0.717, 1.165) is 12.1 Å². The molecule has 0 spiro atoms. The van der Waals surface area contributed by atoms with E-state index in [1.807, 2.05) is 0 Å². The molecule has 0 aliphatic carbocycles. The lowest BCUT2D eigenvalue weighted by Crippen LogP contribution is -2.16. The second kappa shape index (κ2) is 9.04. The number of aryl methyl sites for hydroxylation is 1. The summed E-state index contributed by atoms with van der Waals surface area (Å²) in [7, 11) is 0. The summed E-state index contributed by atoms with van der Waals surface area (Å²) < 4.78 is 6.23. The molecule has 32 heavy (non-hydrogen) atoms. The Balaban J connectivity index is 1.95. The SMILES string of the molecule is CCOC(=O)c1cc(C(=O)Nc2cc(C)nn2-c2ccc([N+](=O)[O-])cc2)cc([N+](=O)[O-])c1. The maximum absolute atomic E-state index is 12.8.